The zero-order valence-electron chi connectivity index (χ0n) is 14.1. The minimum absolute atomic E-state index is 0.155. The van der Waals surface area contributed by atoms with Crippen LogP contribution in [-0.4, -0.2) is 41.8 Å². The smallest absolute Gasteiger partial charge is 0.410 e. The van der Waals surface area contributed by atoms with E-state index in [0.29, 0.717) is 12.6 Å². The summed E-state index contributed by atoms with van der Waals surface area (Å²) in [4.78, 5) is 14.0. The lowest BCUT2D eigenvalue weighted by molar-refractivity contribution is 0.0186. The van der Waals surface area contributed by atoms with Gasteiger partial charge in [-0.25, -0.2) is 4.79 Å². The van der Waals surface area contributed by atoms with E-state index in [1.54, 1.807) is 4.90 Å². The first-order valence-electron chi connectivity index (χ1n) is 8.17. The maximum atomic E-state index is 12.2. The third kappa shape index (κ3) is 4.22. The second kappa shape index (κ2) is 6.39. The number of allylic oxidation sites excluding steroid dienone is 1. The van der Waals surface area contributed by atoms with Crippen LogP contribution in [0.5, 0.6) is 0 Å². The molecule has 2 aliphatic rings. The largest absolute Gasteiger partial charge is 0.444 e. The molecule has 1 amide bonds. The number of hydrogen-bond donors (Lipinski definition) is 1. The standard InChI is InChI=1S/C17H30N2O2/c1-12(2)19(16(20)21-17(3,4)5)10-9-18-15-11-13-7-6-8-14(13)15/h6,8,12-15,18H,7,9-11H2,1-5H3. The number of ether oxygens (including phenoxy) is 1. The van der Waals surface area contributed by atoms with E-state index in [4.69, 9.17) is 4.74 Å². The van der Waals surface area contributed by atoms with Gasteiger partial charge in [-0.3, -0.25) is 0 Å². The van der Waals surface area contributed by atoms with Crippen molar-refractivity contribution in [2.45, 2.75) is 65.1 Å². The Morgan fingerprint density at radius 1 is 1.43 bits per heavy atom. The zero-order chi connectivity index (χ0) is 15.6. The van der Waals surface area contributed by atoms with E-state index < -0.39 is 5.60 Å². The Kier molecular flexibility index (Phi) is 4.97. The van der Waals surface area contributed by atoms with Gasteiger partial charge in [0.05, 0.1) is 0 Å². The second-order valence-electron chi connectivity index (χ2n) is 7.57. The molecule has 0 aromatic heterocycles. The molecule has 1 N–H and O–H groups in total. The first-order chi connectivity index (χ1) is 9.78. The van der Waals surface area contributed by atoms with Crippen LogP contribution in [0, 0.1) is 11.8 Å². The van der Waals surface area contributed by atoms with Gasteiger partial charge in [0, 0.05) is 25.2 Å². The van der Waals surface area contributed by atoms with E-state index in [0.717, 1.165) is 18.4 Å². The van der Waals surface area contributed by atoms with Gasteiger partial charge < -0.3 is 15.0 Å². The summed E-state index contributed by atoms with van der Waals surface area (Å²) in [6.45, 7) is 11.3. The Morgan fingerprint density at radius 3 is 2.71 bits per heavy atom. The second-order valence-corrected chi connectivity index (χ2v) is 7.57. The summed E-state index contributed by atoms with van der Waals surface area (Å²) in [6.07, 6.45) is 6.95. The Morgan fingerprint density at radius 2 is 2.14 bits per heavy atom. The molecule has 0 aromatic rings. The van der Waals surface area contributed by atoms with Crippen LogP contribution in [0.2, 0.25) is 0 Å². The van der Waals surface area contributed by atoms with E-state index in [1.165, 1.54) is 12.8 Å². The Balaban J connectivity index is 1.75. The van der Waals surface area contributed by atoms with E-state index in [9.17, 15) is 4.79 Å². The van der Waals surface area contributed by atoms with Crippen molar-refractivity contribution < 1.29 is 9.53 Å². The fourth-order valence-electron chi connectivity index (χ4n) is 3.20. The zero-order valence-corrected chi connectivity index (χ0v) is 14.1. The molecule has 0 aliphatic heterocycles. The fourth-order valence-corrected chi connectivity index (χ4v) is 3.20. The molecule has 21 heavy (non-hydrogen) atoms. The lowest BCUT2D eigenvalue weighted by atomic mass is 9.71. The van der Waals surface area contributed by atoms with Crippen molar-refractivity contribution in [3.63, 3.8) is 0 Å². The molecular formula is C17H30N2O2. The van der Waals surface area contributed by atoms with Crippen molar-refractivity contribution in [3.05, 3.63) is 12.2 Å². The highest BCUT2D eigenvalue weighted by atomic mass is 16.6. The van der Waals surface area contributed by atoms with Crippen molar-refractivity contribution in [2.75, 3.05) is 13.1 Å². The van der Waals surface area contributed by atoms with Crippen LogP contribution in [0.3, 0.4) is 0 Å². The normalized spacial score (nSPS) is 27.4. The van der Waals surface area contributed by atoms with Crippen molar-refractivity contribution in [1.29, 1.82) is 0 Å². The van der Waals surface area contributed by atoms with E-state index in [-0.39, 0.29) is 12.1 Å². The number of rotatable bonds is 5. The van der Waals surface area contributed by atoms with Gasteiger partial charge in [-0.05, 0) is 59.3 Å². The minimum atomic E-state index is -0.437. The molecule has 0 aromatic carbocycles. The van der Waals surface area contributed by atoms with Crippen LogP contribution in [0.4, 0.5) is 4.79 Å². The van der Waals surface area contributed by atoms with Crippen LogP contribution >= 0.6 is 0 Å². The molecule has 3 unspecified atom stereocenters. The molecule has 4 heteroatoms. The number of carbonyl (C=O) groups excluding carboxylic acids is 1. The van der Waals surface area contributed by atoms with E-state index in [2.05, 4.69) is 17.5 Å². The quantitative estimate of drug-likeness (QED) is 0.792. The van der Waals surface area contributed by atoms with Crippen molar-refractivity contribution in [2.24, 2.45) is 11.8 Å². The summed E-state index contributed by atoms with van der Waals surface area (Å²) < 4.78 is 5.48. The predicted octanol–water partition coefficient (Wildman–Crippen LogP) is 3.19. The molecule has 0 radical (unpaired) electrons. The molecule has 4 nitrogen and oxygen atoms in total. The summed E-state index contributed by atoms with van der Waals surface area (Å²) in [5, 5.41) is 3.59. The molecule has 0 saturated heterocycles. The third-order valence-corrected chi connectivity index (χ3v) is 4.37. The van der Waals surface area contributed by atoms with E-state index >= 15 is 0 Å². The summed E-state index contributed by atoms with van der Waals surface area (Å²) in [5.41, 5.74) is -0.437. The molecule has 1 fully saturated rings. The van der Waals surface area contributed by atoms with Gasteiger partial charge in [0.2, 0.25) is 0 Å². The number of carbonyl (C=O) groups is 1. The summed E-state index contributed by atoms with van der Waals surface area (Å²) in [5.74, 6) is 1.59. The molecule has 3 atom stereocenters. The predicted molar refractivity (Wildman–Crippen MR) is 85.2 cm³/mol. The number of fused-ring (bicyclic) bond motifs is 1. The molecule has 120 valence electrons. The van der Waals surface area contributed by atoms with Gasteiger partial charge in [-0.15, -0.1) is 0 Å². The van der Waals surface area contributed by atoms with Crippen LogP contribution in [0.25, 0.3) is 0 Å². The highest BCUT2D eigenvalue weighted by molar-refractivity contribution is 5.68. The summed E-state index contributed by atoms with van der Waals surface area (Å²) in [6, 6.07) is 0.753. The molecule has 0 heterocycles. The van der Waals surface area contributed by atoms with Gasteiger partial charge in [-0.1, -0.05) is 12.2 Å². The van der Waals surface area contributed by atoms with Crippen molar-refractivity contribution >= 4 is 6.09 Å². The van der Waals surface area contributed by atoms with Crippen LogP contribution in [0.1, 0.15) is 47.5 Å². The number of amides is 1. The average molecular weight is 294 g/mol. The summed E-state index contributed by atoms with van der Waals surface area (Å²) >= 11 is 0. The van der Waals surface area contributed by atoms with Crippen LogP contribution in [-0.2, 0) is 4.74 Å². The Labute approximate surface area is 128 Å². The van der Waals surface area contributed by atoms with Gasteiger partial charge in [0.25, 0.3) is 0 Å². The van der Waals surface area contributed by atoms with Gasteiger partial charge >= 0.3 is 6.09 Å². The molecule has 0 spiro atoms. The molecule has 1 saturated carbocycles. The first kappa shape index (κ1) is 16.3. The SMILES string of the molecule is CC(C)N(CCNC1CC2CC=CC21)C(=O)OC(C)(C)C. The Bertz CT molecular complexity index is 398. The number of nitrogens with one attached hydrogen (secondary N) is 1. The number of hydrogen-bond acceptors (Lipinski definition) is 3. The lowest BCUT2D eigenvalue weighted by Gasteiger charge is -2.41. The molecule has 2 rings (SSSR count). The van der Waals surface area contributed by atoms with Crippen LogP contribution in [0.15, 0.2) is 12.2 Å². The fraction of sp³-hybridized carbons (Fsp3) is 0.824. The highest BCUT2D eigenvalue weighted by Gasteiger charge is 2.40. The van der Waals surface area contributed by atoms with Crippen molar-refractivity contribution in [3.8, 4) is 0 Å². The maximum Gasteiger partial charge on any atom is 0.410 e. The lowest BCUT2D eigenvalue weighted by Crippen LogP contribution is -2.51. The highest BCUT2D eigenvalue weighted by Crippen LogP contribution is 2.42. The Hall–Kier alpha value is -1.03. The average Bonchev–Trinajstić information content (AvgIpc) is 2.67. The van der Waals surface area contributed by atoms with Gasteiger partial charge in [0.15, 0.2) is 0 Å². The number of nitrogens with zero attached hydrogens (tertiary/aromatic N) is 1. The minimum Gasteiger partial charge on any atom is -0.444 e. The maximum absolute atomic E-state index is 12.2. The third-order valence-electron chi connectivity index (χ3n) is 4.37. The first-order valence-corrected chi connectivity index (χ1v) is 8.17. The van der Waals surface area contributed by atoms with Crippen molar-refractivity contribution in [1.82, 2.24) is 10.2 Å². The molecule has 2 aliphatic carbocycles. The monoisotopic (exact) mass is 294 g/mol. The van der Waals surface area contributed by atoms with Gasteiger partial charge in [-0.2, -0.15) is 0 Å². The van der Waals surface area contributed by atoms with E-state index in [1.807, 2.05) is 34.6 Å². The topological polar surface area (TPSA) is 41.6 Å². The summed E-state index contributed by atoms with van der Waals surface area (Å²) in [7, 11) is 0. The molecular weight excluding hydrogens is 264 g/mol. The molecule has 0 bridgehead atoms. The van der Waals surface area contributed by atoms with Crippen LogP contribution < -0.4 is 5.32 Å². The van der Waals surface area contributed by atoms with Gasteiger partial charge in [0.1, 0.15) is 5.60 Å².